The molecule has 1 unspecified atom stereocenters. The summed E-state index contributed by atoms with van der Waals surface area (Å²) in [5, 5.41) is 5.63. The van der Waals surface area contributed by atoms with Crippen LogP contribution in [0.5, 0.6) is 0 Å². The van der Waals surface area contributed by atoms with Crippen molar-refractivity contribution in [3.05, 3.63) is 69.0 Å². The fourth-order valence-electron chi connectivity index (χ4n) is 4.74. The highest BCUT2D eigenvalue weighted by Crippen LogP contribution is 2.38. The minimum atomic E-state index is 0.0185. The molecule has 0 amide bonds. The van der Waals surface area contributed by atoms with E-state index in [0.717, 1.165) is 52.6 Å². The first-order valence-corrected chi connectivity index (χ1v) is 12.3. The molecule has 4 nitrogen and oxygen atoms in total. The topological polar surface area (TPSA) is 37.3 Å². The van der Waals surface area contributed by atoms with Gasteiger partial charge in [-0.15, -0.1) is 0 Å². The Hall–Kier alpha value is -2.75. The predicted molar refractivity (Wildman–Crippen MR) is 143 cm³/mol. The first-order valence-electron chi connectivity index (χ1n) is 12.3. The number of nitrogens with one attached hydrogen (secondary N) is 1. The standard InChI is InChI=1S/C29H41N3O/c1-9-10-11-12-16-30-24-15-13-14-22(21(24)4)28-25-17-26(33)23(20(2)3)18-32(25)27(19-31(28)8)29(5,6)7/h13-15,17-18,27,30H,2,4,9-12,16,19H2,1,3,5-8H3/b28-22-. The molecule has 0 saturated carbocycles. The quantitative estimate of drug-likeness (QED) is 0.609. The fraction of sp³-hybridized carbons (Fsp3) is 0.483. The summed E-state index contributed by atoms with van der Waals surface area (Å²) in [5.41, 5.74) is 4.61. The molecule has 178 valence electrons. The largest absolute Gasteiger partial charge is 0.385 e. The van der Waals surface area contributed by atoms with Crippen LogP contribution in [0.1, 0.15) is 77.6 Å². The highest BCUT2D eigenvalue weighted by Gasteiger charge is 2.34. The van der Waals surface area contributed by atoms with Crippen LogP contribution in [-0.4, -0.2) is 29.6 Å². The molecular weight excluding hydrogens is 406 g/mol. The van der Waals surface area contributed by atoms with E-state index < -0.39 is 0 Å². The van der Waals surface area contributed by atoms with E-state index in [1.54, 1.807) is 6.07 Å². The first kappa shape index (κ1) is 24.9. The highest BCUT2D eigenvalue weighted by atomic mass is 16.1. The number of hydrogen-bond donors (Lipinski definition) is 1. The van der Waals surface area contributed by atoms with Crippen molar-refractivity contribution < 1.29 is 0 Å². The average Bonchev–Trinajstić information content (AvgIpc) is 2.73. The molecule has 1 aliphatic heterocycles. The molecule has 1 aliphatic rings. The van der Waals surface area contributed by atoms with Gasteiger partial charge in [-0.05, 0) is 35.6 Å². The van der Waals surface area contributed by atoms with Gasteiger partial charge in [-0.3, -0.25) is 4.79 Å². The first-order chi connectivity index (χ1) is 15.6. The van der Waals surface area contributed by atoms with Gasteiger partial charge in [0.25, 0.3) is 0 Å². The molecule has 3 rings (SSSR count). The Morgan fingerprint density at radius 2 is 1.94 bits per heavy atom. The SMILES string of the molecule is C=C(C)c1cn2c(cc1=O)/C(=c1\cccc(NCCCCCC)c1=C)N(C)CC2C(C)(C)C. The van der Waals surface area contributed by atoms with Crippen LogP contribution in [0.3, 0.4) is 0 Å². The van der Waals surface area contributed by atoms with Gasteiger partial charge < -0.3 is 14.8 Å². The summed E-state index contributed by atoms with van der Waals surface area (Å²) in [7, 11) is 2.12. The molecule has 1 aromatic carbocycles. The van der Waals surface area contributed by atoms with Gasteiger partial charge in [-0.2, -0.15) is 0 Å². The molecular formula is C29H41N3O. The molecule has 2 aromatic rings. The van der Waals surface area contributed by atoms with Crippen LogP contribution in [-0.2, 0) is 0 Å². The molecule has 1 N–H and O–H groups in total. The molecule has 0 aliphatic carbocycles. The summed E-state index contributed by atoms with van der Waals surface area (Å²) in [4.78, 5) is 15.3. The van der Waals surface area contributed by atoms with Crippen molar-refractivity contribution in [2.75, 3.05) is 25.5 Å². The monoisotopic (exact) mass is 447 g/mol. The van der Waals surface area contributed by atoms with Gasteiger partial charge >= 0.3 is 0 Å². The molecule has 33 heavy (non-hydrogen) atoms. The molecule has 4 heteroatoms. The van der Waals surface area contributed by atoms with E-state index in [1.165, 1.54) is 19.3 Å². The van der Waals surface area contributed by atoms with Crippen molar-refractivity contribution in [2.24, 2.45) is 5.41 Å². The smallest absolute Gasteiger partial charge is 0.189 e. The Morgan fingerprint density at radius 1 is 1.21 bits per heavy atom. The van der Waals surface area contributed by atoms with Crippen LogP contribution < -0.4 is 21.2 Å². The number of rotatable bonds is 7. The Bertz CT molecular complexity index is 1180. The van der Waals surface area contributed by atoms with Crippen LogP contribution in [0, 0.1) is 5.41 Å². The normalized spacial score (nSPS) is 17.6. The van der Waals surface area contributed by atoms with E-state index >= 15 is 0 Å². The van der Waals surface area contributed by atoms with Crippen LogP contribution in [0.25, 0.3) is 17.8 Å². The summed E-state index contributed by atoms with van der Waals surface area (Å²) >= 11 is 0. The van der Waals surface area contributed by atoms with Gasteiger partial charge in [0, 0.05) is 48.9 Å². The van der Waals surface area contributed by atoms with Gasteiger partial charge in [0.05, 0.1) is 17.4 Å². The summed E-state index contributed by atoms with van der Waals surface area (Å²) in [6.45, 7) is 21.2. The number of allylic oxidation sites excluding steroid dienone is 1. The van der Waals surface area contributed by atoms with E-state index in [4.69, 9.17) is 0 Å². The lowest BCUT2D eigenvalue weighted by molar-refractivity contribution is 0.185. The van der Waals surface area contributed by atoms with Crippen LogP contribution in [0.2, 0.25) is 0 Å². The Labute approximate surface area is 199 Å². The van der Waals surface area contributed by atoms with Crippen LogP contribution in [0.4, 0.5) is 5.69 Å². The third kappa shape index (κ3) is 5.26. The van der Waals surface area contributed by atoms with E-state index in [1.807, 2.05) is 13.1 Å². The van der Waals surface area contributed by atoms with Gasteiger partial charge in [0.1, 0.15) is 0 Å². The Kier molecular flexibility index (Phi) is 7.56. The van der Waals surface area contributed by atoms with Gasteiger partial charge in [-0.25, -0.2) is 0 Å². The summed E-state index contributed by atoms with van der Waals surface area (Å²) in [5.74, 6) is 0. The van der Waals surface area contributed by atoms with Crippen molar-refractivity contribution in [1.82, 2.24) is 9.47 Å². The van der Waals surface area contributed by atoms with E-state index in [-0.39, 0.29) is 16.9 Å². The van der Waals surface area contributed by atoms with E-state index in [0.29, 0.717) is 5.56 Å². The van der Waals surface area contributed by atoms with Gasteiger partial charge in [0.15, 0.2) is 5.43 Å². The molecule has 0 spiro atoms. The molecule has 0 bridgehead atoms. The lowest BCUT2D eigenvalue weighted by atomic mass is 9.84. The van der Waals surface area contributed by atoms with Crippen LogP contribution >= 0.6 is 0 Å². The molecule has 2 heterocycles. The second-order valence-electron chi connectivity index (χ2n) is 10.6. The Balaban J connectivity index is 2.19. The second kappa shape index (κ2) is 10.0. The molecule has 0 radical (unpaired) electrons. The maximum Gasteiger partial charge on any atom is 0.189 e. The second-order valence-corrected chi connectivity index (χ2v) is 10.6. The van der Waals surface area contributed by atoms with Crippen molar-refractivity contribution in [3.8, 4) is 0 Å². The van der Waals surface area contributed by atoms with Crippen molar-refractivity contribution in [1.29, 1.82) is 0 Å². The van der Waals surface area contributed by atoms with E-state index in [2.05, 4.69) is 80.9 Å². The number of anilines is 1. The molecule has 0 saturated heterocycles. The minimum absolute atomic E-state index is 0.0185. The predicted octanol–water partition coefficient (Wildman–Crippen LogP) is 4.97. The number of aromatic nitrogens is 1. The number of benzene rings is 1. The van der Waals surface area contributed by atoms with Gasteiger partial charge in [-0.1, -0.05) is 72.2 Å². The average molecular weight is 448 g/mol. The molecule has 0 fully saturated rings. The van der Waals surface area contributed by atoms with E-state index in [9.17, 15) is 4.79 Å². The highest BCUT2D eigenvalue weighted by molar-refractivity contribution is 5.68. The zero-order valence-electron chi connectivity index (χ0n) is 21.4. The zero-order chi connectivity index (χ0) is 24.3. The minimum Gasteiger partial charge on any atom is -0.385 e. The number of likely N-dealkylation sites (N-methyl/N-ethyl adjacent to an activating group) is 1. The third-order valence-corrected chi connectivity index (χ3v) is 6.72. The lowest BCUT2D eigenvalue weighted by Gasteiger charge is -2.43. The maximum absolute atomic E-state index is 13.0. The van der Waals surface area contributed by atoms with Crippen LogP contribution in [0.15, 0.2) is 41.8 Å². The summed E-state index contributed by atoms with van der Waals surface area (Å²) < 4.78 is 2.30. The maximum atomic E-state index is 13.0. The number of unbranched alkanes of at least 4 members (excludes halogenated alkanes) is 3. The van der Waals surface area contributed by atoms with Crippen molar-refractivity contribution in [2.45, 2.75) is 66.3 Å². The number of hydrogen-bond acceptors (Lipinski definition) is 3. The van der Waals surface area contributed by atoms with Crippen molar-refractivity contribution in [3.63, 3.8) is 0 Å². The summed E-state index contributed by atoms with van der Waals surface area (Å²) in [6.07, 6.45) is 6.92. The number of nitrogens with zero attached hydrogens (tertiary/aromatic N) is 2. The Morgan fingerprint density at radius 3 is 2.58 bits per heavy atom. The summed E-state index contributed by atoms with van der Waals surface area (Å²) in [6, 6.07) is 8.32. The lowest BCUT2D eigenvalue weighted by Crippen LogP contribution is -2.45. The molecule has 1 aromatic heterocycles. The number of pyridine rings is 1. The zero-order valence-corrected chi connectivity index (χ0v) is 21.4. The van der Waals surface area contributed by atoms with Crippen molar-refractivity contribution >= 4 is 23.5 Å². The fourth-order valence-corrected chi connectivity index (χ4v) is 4.74. The van der Waals surface area contributed by atoms with Gasteiger partial charge in [0.2, 0.25) is 0 Å². The number of fused-ring (bicyclic) bond motifs is 1. The third-order valence-electron chi connectivity index (χ3n) is 6.72. The molecule has 1 atom stereocenters.